The van der Waals surface area contributed by atoms with Crippen LogP contribution in [0.4, 0.5) is 14.6 Å². The van der Waals surface area contributed by atoms with Gasteiger partial charge in [0.1, 0.15) is 5.82 Å². The van der Waals surface area contributed by atoms with E-state index in [4.69, 9.17) is 9.47 Å². The first-order chi connectivity index (χ1) is 23.1. The number of carbonyl (C=O) groups is 3. The molecule has 2 heterocycles. The second-order valence-corrected chi connectivity index (χ2v) is 11.5. The summed E-state index contributed by atoms with van der Waals surface area (Å²) < 4.78 is 47.0. The van der Waals surface area contributed by atoms with E-state index >= 15 is 0 Å². The number of benzene rings is 2. The van der Waals surface area contributed by atoms with Crippen LogP contribution in [0, 0.1) is 6.92 Å². The SMILES string of the molecule is CNCCNC(=O)CCOCCOCCNC(=O)c1cccc(-c2nc(NC(=O)C3(c4ccc5c(c4)OC(F)(F)O5)CC3)ccc2C)c1. The molecule has 2 aliphatic rings. The number of hydrogen-bond acceptors (Lipinski definition) is 9. The van der Waals surface area contributed by atoms with Crippen molar-refractivity contribution >= 4 is 23.5 Å². The van der Waals surface area contributed by atoms with Crippen molar-refractivity contribution in [2.24, 2.45) is 0 Å². The van der Waals surface area contributed by atoms with E-state index in [0.717, 1.165) is 5.56 Å². The summed E-state index contributed by atoms with van der Waals surface area (Å²) in [6.07, 6.45) is -2.37. The van der Waals surface area contributed by atoms with Crippen LogP contribution in [0.5, 0.6) is 11.5 Å². The number of ether oxygens (including phenoxy) is 4. The van der Waals surface area contributed by atoms with Crippen LogP contribution in [-0.2, 0) is 24.5 Å². The van der Waals surface area contributed by atoms with Crippen molar-refractivity contribution in [2.45, 2.75) is 37.9 Å². The van der Waals surface area contributed by atoms with E-state index in [1.165, 1.54) is 12.1 Å². The molecule has 0 bridgehead atoms. The third kappa shape index (κ3) is 8.82. The first-order valence-corrected chi connectivity index (χ1v) is 15.8. The lowest BCUT2D eigenvalue weighted by Crippen LogP contribution is -2.31. The zero-order chi connectivity index (χ0) is 34.1. The molecule has 3 aromatic rings. The molecule has 0 saturated heterocycles. The number of rotatable bonds is 17. The van der Waals surface area contributed by atoms with Gasteiger partial charge in [-0.3, -0.25) is 14.4 Å². The quantitative estimate of drug-likeness (QED) is 0.159. The van der Waals surface area contributed by atoms with E-state index in [0.29, 0.717) is 87.1 Å². The van der Waals surface area contributed by atoms with E-state index < -0.39 is 11.7 Å². The third-order valence-corrected chi connectivity index (χ3v) is 7.95. The average molecular weight is 668 g/mol. The molecule has 1 aromatic heterocycles. The summed E-state index contributed by atoms with van der Waals surface area (Å²) in [4.78, 5) is 42.6. The van der Waals surface area contributed by atoms with Gasteiger partial charge in [-0.2, -0.15) is 0 Å². The lowest BCUT2D eigenvalue weighted by Gasteiger charge is -2.17. The largest absolute Gasteiger partial charge is 0.586 e. The lowest BCUT2D eigenvalue weighted by atomic mass is 9.94. The summed E-state index contributed by atoms with van der Waals surface area (Å²) in [6, 6.07) is 14.9. The Bertz CT molecular complexity index is 1630. The van der Waals surface area contributed by atoms with E-state index in [1.54, 1.807) is 30.3 Å². The fourth-order valence-corrected chi connectivity index (χ4v) is 5.19. The molecule has 5 rings (SSSR count). The fraction of sp³-hybridized carbons (Fsp3) is 0.412. The fourth-order valence-electron chi connectivity index (χ4n) is 5.19. The van der Waals surface area contributed by atoms with Gasteiger partial charge in [-0.15, -0.1) is 8.78 Å². The van der Waals surface area contributed by atoms with Gasteiger partial charge in [0.2, 0.25) is 11.8 Å². The Labute approximate surface area is 276 Å². The van der Waals surface area contributed by atoms with Crippen molar-refractivity contribution in [1.29, 1.82) is 0 Å². The summed E-state index contributed by atoms with van der Waals surface area (Å²) in [5, 5.41) is 11.4. The molecule has 0 atom stereocenters. The van der Waals surface area contributed by atoms with Gasteiger partial charge < -0.3 is 40.2 Å². The lowest BCUT2D eigenvalue weighted by molar-refractivity contribution is -0.286. The van der Waals surface area contributed by atoms with E-state index in [-0.39, 0.29) is 35.6 Å². The van der Waals surface area contributed by atoms with Crippen LogP contribution in [0.15, 0.2) is 54.6 Å². The Kier molecular flexibility index (Phi) is 11.2. The summed E-state index contributed by atoms with van der Waals surface area (Å²) in [5.74, 6) is -0.512. The minimum atomic E-state index is -3.74. The minimum Gasteiger partial charge on any atom is -0.395 e. The Balaban J connectivity index is 1.09. The molecule has 1 saturated carbocycles. The number of nitrogens with zero attached hydrogens (tertiary/aromatic N) is 1. The van der Waals surface area contributed by atoms with Crippen molar-refractivity contribution < 1.29 is 42.1 Å². The number of alkyl halides is 2. The molecule has 2 aromatic carbocycles. The van der Waals surface area contributed by atoms with Gasteiger partial charge in [-0.25, -0.2) is 4.98 Å². The number of likely N-dealkylation sites (N-methyl/N-ethyl adjacent to an activating group) is 1. The summed E-state index contributed by atoms with van der Waals surface area (Å²) in [5.41, 5.74) is 2.23. The van der Waals surface area contributed by atoms with Gasteiger partial charge in [0.15, 0.2) is 11.5 Å². The van der Waals surface area contributed by atoms with Crippen molar-refractivity contribution in [3.05, 3.63) is 71.3 Å². The first kappa shape index (κ1) is 34.7. The highest BCUT2D eigenvalue weighted by molar-refractivity contribution is 6.01. The van der Waals surface area contributed by atoms with Crippen LogP contribution >= 0.6 is 0 Å². The van der Waals surface area contributed by atoms with Gasteiger partial charge in [-0.05, 0) is 68.3 Å². The number of aryl methyl sites for hydroxylation is 1. The smallest absolute Gasteiger partial charge is 0.395 e. The highest BCUT2D eigenvalue weighted by Gasteiger charge is 2.53. The van der Waals surface area contributed by atoms with Gasteiger partial charge in [-0.1, -0.05) is 24.3 Å². The number of carbonyl (C=O) groups excluding carboxylic acids is 3. The molecule has 12 nitrogen and oxygen atoms in total. The molecular formula is C34H39F2N5O7. The van der Waals surface area contributed by atoms with Gasteiger partial charge in [0.25, 0.3) is 5.91 Å². The third-order valence-electron chi connectivity index (χ3n) is 7.95. The topological polar surface area (TPSA) is 149 Å². The minimum absolute atomic E-state index is 0.0659. The van der Waals surface area contributed by atoms with Crippen LogP contribution in [0.1, 0.15) is 40.7 Å². The Hall–Kier alpha value is -4.66. The summed E-state index contributed by atoms with van der Waals surface area (Å²) >= 11 is 0. The normalized spacial score (nSPS) is 15.1. The molecule has 0 unspecified atom stereocenters. The van der Waals surface area contributed by atoms with Crippen LogP contribution in [0.25, 0.3) is 11.3 Å². The van der Waals surface area contributed by atoms with Gasteiger partial charge >= 0.3 is 6.29 Å². The molecule has 3 amide bonds. The predicted octanol–water partition coefficient (Wildman–Crippen LogP) is 3.54. The Morgan fingerprint density at radius 2 is 1.65 bits per heavy atom. The number of fused-ring (bicyclic) bond motifs is 1. The maximum absolute atomic E-state index is 13.5. The maximum atomic E-state index is 13.5. The Morgan fingerprint density at radius 1 is 0.875 bits per heavy atom. The molecule has 0 spiro atoms. The second-order valence-electron chi connectivity index (χ2n) is 11.5. The molecule has 1 aliphatic heterocycles. The van der Waals surface area contributed by atoms with E-state index in [9.17, 15) is 23.2 Å². The standard InChI is InChI=1S/C34H39F2N5O7/c1-22-6-9-28(41-32(44)33(11-12-33)25-7-8-26-27(21-25)48-34(35,36)47-26)40-30(22)23-4-3-5-24(20-23)31(43)39-15-17-46-19-18-45-16-10-29(42)38-14-13-37-2/h3-9,20-21,37H,10-19H2,1-2H3,(H,38,42)(H,39,43)(H,40,41,44). The van der Waals surface area contributed by atoms with Crippen molar-refractivity contribution in [1.82, 2.24) is 20.9 Å². The summed E-state index contributed by atoms with van der Waals surface area (Å²) in [6.45, 7) is 4.73. The molecule has 14 heteroatoms. The first-order valence-electron chi connectivity index (χ1n) is 15.8. The van der Waals surface area contributed by atoms with Crippen molar-refractivity contribution in [2.75, 3.05) is 58.4 Å². The number of hydrogen-bond donors (Lipinski definition) is 4. The molecule has 1 fully saturated rings. The second kappa shape index (κ2) is 15.5. The molecule has 48 heavy (non-hydrogen) atoms. The van der Waals surface area contributed by atoms with Crippen LogP contribution in [0.2, 0.25) is 0 Å². The van der Waals surface area contributed by atoms with Crippen LogP contribution in [0.3, 0.4) is 0 Å². The monoisotopic (exact) mass is 667 g/mol. The van der Waals surface area contributed by atoms with Crippen molar-refractivity contribution in [3.8, 4) is 22.8 Å². The van der Waals surface area contributed by atoms with Crippen LogP contribution in [-0.4, -0.2) is 82.1 Å². The highest BCUT2D eigenvalue weighted by atomic mass is 19.3. The molecular weight excluding hydrogens is 628 g/mol. The molecule has 256 valence electrons. The van der Waals surface area contributed by atoms with Crippen molar-refractivity contribution in [3.63, 3.8) is 0 Å². The number of aromatic nitrogens is 1. The number of halogens is 2. The average Bonchev–Trinajstić information content (AvgIpc) is 3.82. The molecule has 1 aliphatic carbocycles. The van der Waals surface area contributed by atoms with Gasteiger partial charge in [0, 0.05) is 37.2 Å². The maximum Gasteiger partial charge on any atom is 0.586 e. The van der Waals surface area contributed by atoms with E-state index in [1.807, 2.05) is 26.1 Å². The van der Waals surface area contributed by atoms with E-state index in [2.05, 4.69) is 35.7 Å². The number of amides is 3. The zero-order valence-electron chi connectivity index (χ0n) is 26.8. The predicted molar refractivity (Wildman–Crippen MR) is 172 cm³/mol. The Morgan fingerprint density at radius 3 is 2.42 bits per heavy atom. The van der Waals surface area contributed by atoms with Gasteiger partial charge in [0.05, 0.1) is 37.5 Å². The van der Waals surface area contributed by atoms with Crippen LogP contribution < -0.4 is 30.7 Å². The molecule has 4 N–H and O–H groups in total. The number of nitrogens with one attached hydrogen (secondary N) is 4. The highest BCUT2D eigenvalue weighted by Crippen LogP contribution is 2.52. The molecule has 0 radical (unpaired) electrons. The number of pyridine rings is 1. The zero-order valence-corrected chi connectivity index (χ0v) is 26.8. The number of anilines is 1. The summed E-state index contributed by atoms with van der Waals surface area (Å²) in [7, 11) is 1.82.